The number of rotatable bonds is 8. The second-order valence-electron chi connectivity index (χ2n) is 8.18. The molecule has 2 aromatic carbocycles. The van der Waals surface area contributed by atoms with E-state index in [2.05, 4.69) is 18.4 Å². The highest BCUT2D eigenvalue weighted by Crippen LogP contribution is 2.36. The fourth-order valence-electron chi connectivity index (χ4n) is 3.94. The minimum atomic E-state index is -0.367. The highest BCUT2D eigenvalue weighted by molar-refractivity contribution is 8.11. The Morgan fingerprint density at radius 1 is 1.18 bits per heavy atom. The zero-order valence-corrected chi connectivity index (χ0v) is 20.2. The predicted molar refractivity (Wildman–Crippen MR) is 135 cm³/mol. The topological polar surface area (TPSA) is 61.2 Å². The van der Waals surface area contributed by atoms with Crippen molar-refractivity contribution in [2.24, 2.45) is 0 Å². The molecule has 5 nitrogen and oxygen atoms in total. The number of carbonyl (C=O) groups excluding carboxylic acids is 1. The second kappa shape index (κ2) is 10.8. The molecule has 0 radical (unpaired) electrons. The van der Waals surface area contributed by atoms with Gasteiger partial charge in [0.1, 0.15) is 11.6 Å². The molecule has 0 saturated carbocycles. The van der Waals surface area contributed by atoms with Crippen molar-refractivity contribution in [1.29, 1.82) is 0 Å². The number of thioether (sulfide) groups is 1. The summed E-state index contributed by atoms with van der Waals surface area (Å²) in [6.45, 7) is 2.16. The third-order valence-corrected chi connectivity index (χ3v) is 7.03. The summed E-state index contributed by atoms with van der Waals surface area (Å²) in [4.78, 5) is 31.0. The fraction of sp³-hybridized carbons (Fsp3) is 0.296. The quantitative estimate of drug-likeness (QED) is 0.286. The van der Waals surface area contributed by atoms with Crippen molar-refractivity contribution in [2.45, 2.75) is 45.4 Å². The van der Waals surface area contributed by atoms with Crippen molar-refractivity contribution in [3.05, 3.63) is 87.1 Å². The van der Waals surface area contributed by atoms with Gasteiger partial charge in [-0.15, -0.1) is 0 Å². The Kier molecular flexibility index (Phi) is 7.63. The zero-order valence-electron chi connectivity index (χ0n) is 19.3. The SMILES string of the molecule is CCC1=CSC(c2ccc3c(=O)n(-c4ccc(F)cc4)c(CCCCC(=O)OC)nc3c2)=CC1. The molecule has 34 heavy (non-hydrogen) atoms. The van der Waals surface area contributed by atoms with E-state index >= 15 is 0 Å². The lowest BCUT2D eigenvalue weighted by Crippen LogP contribution is -2.24. The maximum atomic E-state index is 13.5. The van der Waals surface area contributed by atoms with E-state index in [0.29, 0.717) is 48.1 Å². The smallest absolute Gasteiger partial charge is 0.305 e. The number of benzene rings is 2. The highest BCUT2D eigenvalue weighted by atomic mass is 32.2. The number of halogens is 1. The minimum absolute atomic E-state index is 0.190. The molecule has 2 heterocycles. The average molecular weight is 479 g/mol. The van der Waals surface area contributed by atoms with Crippen molar-refractivity contribution in [3.63, 3.8) is 0 Å². The number of allylic oxidation sites excluding steroid dienone is 2. The van der Waals surface area contributed by atoms with Crippen molar-refractivity contribution >= 4 is 33.5 Å². The lowest BCUT2D eigenvalue weighted by molar-refractivity contribution is -0.140. The summed E-state index contributed by atoms with van der Waals surface area (Å²) < 4.78 is 19.8. The van der Waals surface area contributed by atoms with Crippen LogP contribution in [0.25, 0.3) is 21.5 Å². The Hall–Kier alpha value is -3.19. The van der Waals surface area contributed by atoms with Gasteiger partial charge in [0.25, 0.3) is 5.56 Å². The molecule has 0 amide bonds. The van der Waals surface area contributed by atoms with Gasteiger partial charge in [-0.2, -0.15) is 0 Å². The maximum Gasteiger partial charge on any atom is 0.305 e. The van der Waals surface area contributed by atoms with Crippen molar-refractivity contribution < 1.29 is 13.9 Å². The van der Waals surface area contributed by atoms with E-state index in [1.165, 1.54) is 24.8 Å². The number of methoxy groups -OCH3 is 1. The van der Waals surface area contributed by atoms with Gasteiger partial charge in [0.15, 0.2) is 0 Å². The minimum Gasteiger partial charge on any atom is -0.469 e. The first kappa shape index (κ1) is 24.0. The number of nitrogens with zero attached hydrogens (tertiary/aromatic N) is 2. The van der Waals surface area contributed by atoms with Crippen LogP contribution >= 0.6 is 11.8 Å². The Bertz CT molecular complexity index is 1330. The summed E-state index contributed by atoms with van der Waals surface area (Å²) in [6.07, 6.45) is 6.30. The van der Waals surface area contributed by atoms with E-state index in [1.807, 2.05) is 18.2 Å². The fourth-order valence-corrected chi connectivity index (χ4v) is 4.94. The molecular formula is C27H27FN2O3S. The molecule has 1 aliphatic rings. The van der Waals surface area contributed by atoms with Crippen LogP contribution in [-0.4, -0.2) is 22.6 Å². The Balaban J connectivity index is 1.72. The number of carbonyl (C=O) groups is 1. The van der Waals surface area contributed by atoms with Crippen LogP contribution in [0.1, 0.15) is 50.4 Å². The third-order valence-electron chi connectivity index (χ3n) is 5.92. The Labute approximate surface area is 202 Å². The molecule has 7 heteroatoms. The number of esters is 1. The molecule has 0 saturated heterocycles. The van der Waals surface area contributed by atoms with E-state index < -0.39 is 0 Å². The maximum absolute atomic E-state index is 13.5. The van der Waals surface area contributed by atoms with Crippen LogP contribution in [-0.2, 0) is 16.0 Å². The molecule has 176 valence electrons. The monoisotopic (exact) mass is 478 g/mol. The third kappa shape index (κ3) is 5.30. The molecule has 1 aliphatic heterocycles. The van der Waals surface area contributed by atoms with Crippen LogP contribution in [0.5, 0.6) is 0 Å². The van der Waals surface area contributed by atoms with Crippen molar-refractivity contribution in [1.82, 2.24) is 9.55 Å². The summed E-state index contributed by atoms with van der Waals surface area (Å²) in [5.74, 6) is -0.0384. The lowest BCUT2D eigenvalue weighted by Gasteiger charge is -2.16. The number of hydrogen-bond acceptors (Lipinski definition) is 5. The van der Waals surface area contributed by atoms with E-state index in [1.54, 1.807) is 28.5 Å². The summed E-state index contributed by atoms with van der Waals surface area (Å²) in [5, 5.41) is 2.71. The molecule has 0 unspecified atom stereocenters. The van der Waals surface area contributed by atoms with Crippen molar-refractivity contribution in [2.75, 3.05) is 7.11 Å². The number of unbranched alkanes of at least 4 members (excludes halogenated alkanes) is 1. The summed E-state index contributed by atoms with van der Waals surface area (Å²) in [7, 11) is 1.37. The average Bonchev–Trinajstić information content (AvgIpc) is 2.87. The van der Waals surface area contributed by atoms with Gasteiger partial charge in [-0.25, -0.2) is 9.37 Å². The van der Waals surface area contributed by atoms with Gasteiger partial charge in [-0.05, 0) is 73.1 Å². The molecule has 1 aromatic heterocycles. The van der Waals surface area contributed by atoms with Crippen LogP contribution in [0.15, 0.2) is 64.3 Å². The molecule has 0 bridgehead atoms. The molecule has 4 rings (SSSR count). The molecular weight excluding hydrogens is 451 g/mol. The first-order valence-corrected chi connectivity index (χ1v) is 12.3. The predicted octanol–water partition coefficient (Wildman–Crippen LogP) is 6.18. The van der Waals surface area contributed by atoms with Gasteiger partial charge in [0, 0.05) is 17.7 Å². The molecule has 0 fully saturated rings. The molecule has 3 aromatic rings. The van der Waals surface area contributed by atoms with Crippen LogP contribution in [0.3, 0.4) is 0 Å². The van der Waals surface area contributed by atoms with Gasteiger partial charge < -0.3 is 4.74 Å². The zero-order chi connectivity index (χ0) is 24.1. The number of ether oxygens (including phenoxy) is 1. The van der Waals surface area contributed by atoms with Gasteiger partial charge in [-0.1, -0.05) is 36.4 Å². The molecule has 0 aliphatic carbocycles. The number of fused-ring (bicyclic) bond motifs is 1. The van der Waals surface area contributed by atoms with Gasteiger partial charge >= 0.3 is 5.97 Å². The standard InChI is InChI=1S/C27H27FN2O3S/c1-3-18-8-15-24(34-17-18)19-9-14-22-23(16-19)29-25(6-4-5-7-26(31)33-2)30(27(22)32)21-12-10-20(28)11-13-21/h9-17H,3-8H2,1-2H3. The molecule has 0 spiro atoms. The van der Waals surface area contributed by atoms with Gasteiger partial charge in [-0.3, -0.25) is 14.2 Å². The van der Waals surface area contributed by atoms with E-state index in [4.69, 9.17) is 9.72 Å². The van der Waals surface area contributed by atoms with E-state index in [0.717, 1.165) is 23.3 Å². The van der Waals surface area contributed by atoms with Crippen LogP contribution in [0, 0.1) is 5.82 Å². The Morgan fingerprint density at radius 2 is 1.97 bits per heavy atom. The summed E-state index contributed by atoms with van der Waals surface area (Å²) >= 11 is 1.70. The first-order chi connectivity index (χ1) is 16.5. The normalized spacial score (nSPS) is 13.5. The van der Waals surface area contributed by atoms with E-state index in [9.17, 15) is 14.0 Å². The molecule has 0 N–H and O–H groups in total. The number of aromatic nitrogens is 2. The van der Waals surface area contributed by atoms with Crippen molar-refractivity contribution in [3.8, 4) is 5.69 Å². The van der Waals surface area contributed by atoms with E-state index in [-0.39, 0.29) is 17.3 Å². The highest BCUT2D eigenvalue weighted by Gasteiger charge is 2.15. The van der Waals surface area contributed by atoms with Crippen LogP contribution < -0.4 is 5.56 Å². The largest absolute Gasteiger partial charge is 0.469 e. The molecule has 0 atom stereocenters. The number of hydrogen-bond donors (Lipinski definition) is 0. The van der Waals surface area contributed by atoms with Gasteiger partial charge in [0.2, 0.25) is 0 Å². The Morgan fingerprint density at radius 3 is 2.65 bits per heavy atom. The second-order valence-corrected chi connectivity index (χ2v) is 9.09. The van der Waals surface area contributed by atoms with Crippen LogP contribution in [0.2, 0.25) is 0 Å². The van der Waals surface area contributed by atoms with Crippen LogP contribution in [0.4, 0.5) is 4.39 Å². The van der Waals surface area contributed by atoms with Gasteiger partial charge in [0.05, 0.1) is 23.7 Å². The first-order valence-electron chi connectivity index (χ1n) is 11.4. The number of aryl methyl sites for hydroxylation is 1. The summed E-state index contributed by atoms with van der Waals surface area (Å²) in [6, 6.07) is 11.6. The summed E-state index contributed by atoms with van der Waals surface area (Å²) in [5.41, 5.74) is 3.45. The lowest BCUT2D eigenvalue weighted by atomic mass is 10.1.